The van der Waals surface area contributed by atoms with Gasteiger partial charge >= 0.3 is 0 Å². The summed E-state index contributed by atoms with van der Waals surface area (Å²) in [5.41, 5.74) is 5.31. The van der Waals surface area contributed by atoms with Gasteiger partial charge in [0, 0.05) is 23.7 Å². The molecule has 0 bridgehead atoms. The number of imidazole rings is 1. The average molecular weight is 399 g/mol. The van der Waals surface area contributed by atoms with Crippen molar-refractivity contribution in [2.45, 2.75) is 45.4 Å². The zero-order valence-electron chi connectivity index (χ0n) is 17.7. The zero-order chi connectivity index (χ0) is 20.9. The number of pyridine rings is 1. The lowest BCUT2D eigenvalue weighted by molar-refractivity contribution is -0.122. The summed E-state index contributed by atoms with van der Waals surface area (Å²) < 4.78 is 0. The number of carbonyl (C=O) groups is 1. The summed E-state index contributed by atoms with van der Waals surface area (Å²) in [5.74, 6) is 0.980. The van der Waals surface area contributed by atoms with Gasteiger partial charge in [0.25, 0.3) is 0 Å². The van der Waals surface area contributed by atoms with Crippen molar-refractivity contribution < 1.29 is 4.79 Å². The van der Waals surface area contributed by atoms with Gasteiger partial charge in [-0.05, 0) is 50.1 Å². The summed E-state index contributed by atoms with van der Waals surface area (Å²) in [6.45, 7) is 6.98. The Hall–Kier alpha value is -3.21. The van der Waals surface area contributed by atoms with Crippen LogP contribution in [0.4, 0.5) is 5.69 Å². The van der Waals surface area contributed by atoms with Crippen molar-refractivity contribution in [3.63, 3.8) is 0 Å². The molecule has 0 aliphatic carbocycles. The molecule has 5 rings (SSSR count). The van der Waals surface area contributed by atoms with E-state index in [0.29, 0.717) is 0 Å². The Morgan fingerprint density at radius 1 is 1.07 bits per heavy atom. The maximum absolute atomic E-state index is 13.1. The van der Waals surface area contributed by atoms with Crippen LogP contribution in [0.25, 0.3) is 33.3 Å². The lowest BCUT2D eigenvalue weighted by Crippen LogP contribution is -2.36. The normalized spacial score (nSPS) is 15.3. The van der Waals surface area contributed by atoms with Gasteiger partial charge in [-0.1, -0.05) is 38.0 Å². The van der Waals surface area contributed by atoms with Crippen LogP contribution in [0.5, 0.6) is 0 Å². The average Bonchev–Trinajstić information content (AvgIpc) is 3.25. The van der Waals surface area contributed by atoms with E-state index >= 15 is 0 Å². The fraction of sp³-hybridized carbons (Fsp3) is 0.320. The number of para-hydroxylation sites is 1. The van der Waals surface area contributed by atoms with Gasteiger partial charge in [-0.15, -0.1) is 0 Å². The van der Waals surface area contributed by atoms with Gasteiger partial charge in [0.2, 0.25) is 5.91 Å². The van der Waals surface area contributed by atoms with E-state index in [2.05, 4.69) is 41.2 Å². The molecule has 0 spiro atoms. The van der Waals surface area contributed by atoms with E-state index in [1.165, 1.54) is 0 Å². The summed E-state index contributed by atoms with van der Waals surface area (Å²) in [7, 11) is 0. The topological polar surface area (TPSA) is 61.9 Å². The number of aromatic amines is 1. The fourth-order valence-electron chi connectivity index (χ4n) is 4.41. The van der Waals surface area contributed by atoms with Gasteiger partial charge in [0.1, 0.15) is 5.82 Å². The monoisotopic (exact) mass is 398 g/mol. The molecule has 30 heavy (non-hydrogen) atoms. The van der Waals surface area contributed by atoms with E-state index in [0.717, 1.165) is 70.4 Å². The van der Waals surface area contributed by atoms with Crippen LogP contribution >= 0.6 is 0 Å². The number of fused-ring (bicyclic) bond motifs is 3. The molecule has 4 aromatic rings. The number of hydrogen-bond acceptors (Lipinski definition) is 3. The van der Waals surface area contributed by atoms with Crippen molar-refractivity contribution in [1.82, 2.24) is 15.0 Å². The summed E-state index contributed by atoms with van der Waals surface area (Å²) in [4.78, 5) is 27.9. The molecule has 5 nitrogen and oxygen atoms in total. The first-order chi connectivity index (χ1) is 14.5. The summed E-state index contributed by atoms with van der Waals surface area (Å²) in [6.07, 6.45) is 5.14. The number of amides is 1. The SMILES string of the molecule is CCCCCN1C(=O)C(C)(C)c2cc3[nH]c(-c4cnc5ccccc5c4)nc3cc21. The van der Waals surface area contributed by atoms with Crippen LogP contribution in [0.3, 0.4) is 0 Å². The first kappa shape index (κ1) is 18.8. The van der Waals surface area contributed by atoms with E-state index in [4.69, 9.17) is 4.98 Å². The Balaban J connectivity index is 1.58. The quantitative estimate of drug-likeness (QED) is 0.446. The molecule has 0 saturated carbocycles. The Morgan fingerprint density at radius 3 is 2.73 bits per heavy atom. The standard InChI is InChI=1S/C25H26N4O/c1-4-5-8-11-29-22-14-21-20(13-18(22)25(2,3)24(29)30)27-23(28-21)17-12-16-9-6-7-10-19(16)26-15-17/h6-7,9-10,12-15H,4-5,8,11H2,1-3H3,(H,27,28). The van der Waals surface area contributed by atoms with Crippen molar-refractivity contribution in [2.24, 2.45) is 0 Å². The number of aromatic nitrogens is 3. The second-order valence-corrected chi connectivity index (χ2v) is 8.68. The predicted molar refractivity (Wildman–Crippen MR) is 122 cm³/mol. The van der Waals surface area contributed by atoms with Crippen molar-refractivity contribution in [1.29, 1.82) is 0 Å². The summed E-state index contributed by atoms with van der Waals surface area (Å²) in [5, 5.41) is 1.09. The number of anilines is 1. The smallest absolute Gasteiger partial charge is 0.237 e. The third-order valence-corrected chi connectivity index (χ3v) is 6.19. The molecule has 2 aromatic carbocycles. The number of unbranched alkanes of at least 4 members (excludes halogenated alkanes) is 2. The number of nitrogens with one attached hydrogen (secondary N) is 1. The highest BCUT2D eigenvalue weighted by molar-refractivity contribution is 6.09. The molecule has 3 heterocycles. The van der Waals surface area contributed by atoms with E-state index < -0.39 is 5.41 Å². The maximum Gasteiger partial charge on any atom is 0.237 e. The molecule has 0 saturated heterocycles. The van der Waals surface area contributed by atoms with Crippen LogP contribution < -0.4 is 4.90 Å². The third-order valence-electron chi connectivity index (χ3n) is 6.19. The third kappa shape index (κ3) is 2.88. The lowest BCUT2D eigenvalue weighted by Gasteiger charge is -2.20. The molecule has 1 N–H and O–H groups in total. The molecule has 152 valence electrons. The first-order valence-corrected chi connectivity index (χ1v) is 10.7. The molecule has 2 aromatic heterocycles. The van der Waals surface area contributed by atoms with Crippen LogP contribution in [0.15, 0.2) is 48.7 Å². The highest BCUT2D eigenvalue weighted by Gasteiger charge is 2.43. The number of hydrogen-bond donors (Lipinski definition) is 1. The Labute approximate surface area is 176 Å². The highest BCUT2D eigenvalue weighted by atomic mass is 16.2. The molecule has 5 heteroatoms. The summed E-state index contributed by atoms with van der Waals surface area (Å²) >= 11 is 0. The van der Waals surface area contributed by atoms with Gasteiger partial charge in [-0.2, -0.15) is 0 Å². The minimum absolute atomic E-state index is 0.181. The van der Waals surface area contributed by atoms with Crippen molar-refractivity contribution >= 4 is 33.5 Å². The zero-order valence-corrected chi connectivity index (χ0v) is 17.7. The van der Waals surface area contributed by atoms with Crippen LogP contribution in [0, 0.1) is 0 Å². The number of benzene rings is 2. The Bertz CT molecular complexity index is 1270. The van der Waals surface area contributed by atoms with E-state index in [-0.39, 0.29) is 5.91 Å². The number of nitrogens with zero attached hydrogens (tertiary/aromatic N) is 3. The molecule has 0 atom stereocenters. The van der Waals surface area contributed by atoms with E-state index in [1.54, 1.807) is 0 Å². The van der Waals surface area contributed by atoms with E-state index in [9.17, 15) is 4.79 Å². The van der Waals surface area contributed by atoms with Gasteiger partial charge in [-0.3, -0.25) is 9.78 Å². The molecule has 1 aliphatic heterocycles. The van der Waals surface area contributed by atoms with Gasteiger partial charge in [0.15, 0.2) is 0 Å². The number of rotatable bonds is 5. The molecular formula is C25H26N4O. The van der Waals surface area contributed by atoms with Crippen LogP contribution in [0.2, 0.25) is 0 Å². The number of carbonyl (C=O) groups excluding carboxylic acids is 1. The van der Waals surface area contributed by atoms with Crippen molar-refractivity contribution in [3.05, 3.63) is 54.2 Å². The molecular weight excluding hydrogens is 372 g/mol. The van der Waals surface area contributed by atoms with Gasteiger partial charge in [0.05, 0.1) is 27.7 Å². The summed E-state index contributed by atoms with van der Waals surface area (Å²) in [6, 6.07) is 14.4. The molecule has 1 aliphatic rings. The van der Waals surface area contributed by atoms with Crippen LogP contribution in [0.1, 0.15) is 45.6 Å². The Kier molecular flexibility index (Phi) is 4.35. The highest BCUT2D eigenvalue weighted by Crippen LogP contribution is 2.43. The largest absolute Gasteiger partial charge is 0.338 e. The van der Waals surface area contributed by atoms with Crippen molar-refractivity contribution in [3.8, 4) is 11.4 Å². The van der Waals surface area contributed by atoms with Crippen molar-refractivity contribution in [2.75, 3.05) is 11.4 Å². The van der Waals surface area contributed by atoms with Gasteiger partial charge < -0.3 is 9.88 Å². The fourth-order valence-corrected chi connectivity index (χ4v) is 4.41. The molecule has 1 amide bonds. The lowest BCUT2D eigenvalue weighted by atomic mass is 9.86. The van der Waals surface area contributed by atoms with E-state index in [1.807, 2.05) is 43.1 Å². The first-order valence-electron chi connectivity index (χ1n) is 10.7. The number of H-pyrrole nitrogens is 1. The van der Waals surface area contributed by atoms with Gasteiger partial charge in [-0.25, -0.2) is 4.98 Å². The van der Waals surface area contributed by atoms with Crippen LogP contribution in [-0.2, 0) is 10.2 Å². The molecule has 0 fully saturated rings. The second-order valence-electron chi connectivity index (χ2n) is 8.68. The second kappa shape index (κ2) is 6.94. The van der Waals surface area contributed by atoms with Crippen LogP contribution in [-0.4, -0.2) is 27.4 Å². The minimum atomic E-state index is -0.522. The maximum atomic E-state index is 13.1. The predicted octanol–water partition coefficient (Wildman–Crippen LogP) is 5.59. The molecule has 0 radical (unpaired) electrons. The minimum Gasteiger partial charge on any atom is -0.338 e. The molecule has 0 unspecified atom stereocenters. The Morgan fingerprint density at radius 2 is 1.90 bits per heavy atom.